The summed E-state index contributed by atoms with van der Waals surface area (Å²) in [5.41, 5.74) is 2.14. The molecule has 0 aromatic heterocycles. The van der Waals surface area contributed by atoms with Crippen molar-refractivity contribution >= 4 is 32.8 Å². The van der Waals surface area contributed by atoms with Crippen LogP contribution in [0.2, 0.25) is 0 Å². The molecule has 13 heteroatoms. The Kier molecular flexibility index (Phi) is 7.96. The summed E-state index contributed by atoms with van der Waals surface area (Å²) in [6.45, 7) is 4.66. The third kappa shape index (κ3) is 5.76. The molecule has 40 heavy (non-hydrogen) atoms. The first kappa shape index (κ1) is 27.5. The van der Waals surface area contributed by atoms with Crippen LogP contribution in [0.25, 0.3) is 0 Å². The van der Waals surface area contributed by atoms with Crippen LogP contribution in [0, 0.1) is 20.2 Å². The zero-order valence-electron chi connectivity index (χ0n) is 21.8. The number of nitrogens with zero attached hydrogens (tertiary/aromatic N) is 6. The van der Waals surface area contributed by atoms with E-state index in [-0.39, 0.29) is 28.6 Å². The molecule has 0 unspecified atom stereocenters. The lowest BCUT2D eigenvalue weighted by Gasteiger charge is -2.37. The van der Waals surface area contributed by atoms with Gasteiger partial charge in [-0.1, -0.05) is 42.5 Å². The minimum atomic E-state index is -4.05. The van der Waals surface area contributed by atoms with Crippen LogP contribution in [0.15, 0.2) is 77.7 Å². The van der Waals surface area contributed by atoms with E-state index in [0.29, 0.717) is 31.9 Å². The summed E-state index contributed by atoms with van der Waals surface area (Å²) in [5.74, 6) is 0. The number of benzene rings is 3. The van der Waals surface area contributed by atoms with Crippen molar-refractivity contribution in [1.29, 1.82) is 0 Å². The number of hydrogen-bond acceptors (Lipinski definition) is 9. The molecule has 2 aliphatic heterocycles. The van der Waals surface area contributed by atoms with E-state index in [1.807, 2.05) is 34.1 Å². The Morgan fingerprint density at radius 2 is 1.27 bits per heavy atom. The first-order valence-corrected chi connectivity index (χ1v) is 14.5. The van der Waals surface area contributed by atoms with E-state index in [4.69, 9.17) is 0 Å². The van der Waals surface area contributed by atoms with Crippen molar-refractivity contribution in [2.45, 2.75) is 11.4 Å². The Morgan fingerprint density at radius 3 is 1.93 bits per heavy atom. The molecule has 0 atom stereocenters. The highest BCUT2D eigenvalue weighted by atomic mass is 32.2. The van der Waals surface area contributed by atoms with Gasteiger partial charge in [0.05, 0.1) is 9.85 Å². The van der Waals surface area contributed by atoms with Crippen LogP contribution < -0.4 is 9.80 Å². The fraction of sp³-hybridized carbons (Fsp3) is 0.333. The standard InChI is InChI=1S/C27H30N6O6S/c34-32(35)24-11-10-23(20-26(24)30-14-12-28(13-15-30)21-22-6-2-1-3-7-22)29-16-18-31(19-17-29)40(38,39)27-9-5-4-8-25(27)33(36)37/h1-11,20H,12-19,21H2. The number of nitro benzene ring substituents is 2. The number of piperazine rings is 2. The van der Waals surface area contributed by atoms with Gasteiger partial charge < -0.3 is 9.80 Å². The molecule has 2 saturated heterocycles. The van der Waals surface area contributed by atoms with Gasteiger partial charge in [0.2, 0.25) is 10.0 Å². The number of hydrogen-bond donors (Lipinski definition) is 0. The van der Waals surface area contributed by atoms with Crippen molar-refractivity contribution in [1.82, 2.24) is 9.21 Å². The molecule has 0 bridgehead atoms. The average molecular weight is 567 g/mol. The molecule has 12 nitrogen and oxygen atoms in total. The fourth-order valence-corrected chi connectivity index (χ4v) is 6.84. The summed E-state index contributed by atoms with van der Waals surface area (Å²) in [6.07, 6.45) is 0. The second-order valence-corrected chi connectivity index (χ2v) is 11.7. The van der Waals surface area contributed by atoms with E-state index >= 15 is 0 Å². The van der Waals surface area contributed by atoms with E-state index in [9.17, 15) is 28.6 Å². The maximum absolute atomic E-state index is 13.2. The molecule has 0 aliphatic carbocycles. The second kappa shape index (κ2) is 11.6. The lowest BCUT2D eigenvalue weighted by atomic mass is 10.1. The normalized spacial score (nSPS) is 17.1. The van der Waals surface area contributed by atoms with Crippen molar-refractivity contribution in [2.75, 3.05) is 62.2 Å². The molecule has 0 amide bonds. The molecule has 0 saturated carbocycles. The van der Waals surface area contributed by atoms with Gasteiger partial charge in [0.15, 0.2) is 4.90 Å². The highest BCUT2D eigenvalue weighted by molar-refractivity contribution is 7.89. The topological polar surface area (TPSA) is 133 Å². The Balaban J connectivity index is 1.28. The van der Waals surface area contributed by atoms with E-state index in [1.54, 1.807) is 6.07 Å². The van der Waals surface area contributed by atoms with Crippen LogP contribution in [0.1, 0.15) is 5.56 Å². The monoisotopic (exact) mass is 566 g/mol. The highest BCUT2D eigenvalue weighted by Crippen LogP contribution is 2.34. The molecule has 3 aromatic carbocycles. The molecule has 3 aromatic rings. The van der Waals surface area contributed by atoms with Crippen LogP contribution >= 0.6 is 0 Å². The smallest absolute Gasteiger partial charge is 0.292 e. The fourth-order valence-electron chi connectivity index (χ4n) is 5.26. The van der Waals surface area contributed by atoms with E-state index in [0.717, 1.165) is 25.3 Å². The Hall–Kier alpha value is -4.07. The lowest BCUT2D eigenvalue weighted by Crippen LogP contribution is -2.49. The predicted molar refractivity (Wildman–Crippen MR) is 151 cm³/mol. The number of nitro groups is 2. The summed E-state index contributed by atoms with van der Waals surface area (Å²) in [7, 11) is -4.05. The van der Waals surface area contributed by atoms with Gasteiger partial charge in [-0.25, -0.2) is 8.42 Å². The summed E-state index contributed by atoms with van der Waals surface area (Å²) < 4.78 is 27.6. The minimum absolute atomic E-state index is 0.0397. The van der Waals surface area contributed by atoms with Crippen molar-refractivity contribution in [2.24, 2.45) is 0 Å². The molecule has 2 aliphatic rings. The third-order valence-electron chi connectivity index (χ3n) is 7.40. The summed E-state index contributed by atoms with van der Waals surface area (Å²) >= 11 is 0. The van der Waals surface area contributed by atoms with Gasteiger partial charge in [-0.2, -0.15) is 4.31 Å². The first-order chi connectivity index (χ1) is 19.2. The first-order valence-electron chi connectivity index (χ1n) is 13.0. The van der Waals surface area contributed by atoms with Gasteiger partial charge in [-0.05, 0) is 23.8 Å². The molecule has 0 spiro atoms. The van der Waals surface area contributed by atoms with Gasteiger partial charge in [-0.3, -0.25) is 25.1 Å². The molecule has 0 radical (unpaired) electrons. The van der Waals surface area contributed by atoms with Crippen LogP contribution in [-0.2, 0) is 16.6 Å². The lowest BCUT2D eigenvalue weighted by molar-refractivity contribution is -0.387. The van der Waals surface area contributed by atoms with Crippen LogP contribution in [0.3, 0.4) is 0 Å². The van der Waals surface area contributed by atoms with Gasteiger partial charge in [0.25, 0.3) is 11.4 Å². The molecular formula is C27H30N6O6S. The molecular weight excluding hydrogens is 536 g/mol. The van der Waals surface area contributed by atoms with Crippen LogP contribution in [-0.4, -0.2) is 79.8 Å². The van der Waals surface area contributed by atoms with Crippen molar-refractivity contribution in [3.05, 3.63) is 98.6 Å². The third-order valence-corrected chi connectivity index (χ3v) is 9.35. The SMILES string of the molecule is O=[N+]([O-])c1ccc(N2CCN(S(=O)(=O)c3ccccc3[N+](=O)[O-])CC2)cc1N1CCN(Cc2ccccc2)CC1. The second-order valence-electron chi connectivity index (χ2n) is 9.79. The number of sulfonamides is 1. The zero-order chi connectivity index (χ0) is 28.3. The van der Waals surface area contributed by atoms with Crippen molar-refractivity contribution in [3.8, 4) is 0 Å². The highest BCUT2D eigenvalue weighted by Gasteiger charge is 2.34. The summed E-state index contributed by atoms with van der Waals surface area (Å²) in [4.78, 5) is 28.2. The minimum Gasteiger partial charge on any atom is -0.369 e. The summed E-state index contributed by atoms with van der Waals surface area (Å²) in [5, 5.41) is 23.2. The van der Waals surface area contributed by atoms with Crippen LogP contribution in [0.4, 0.5) is 22.7 Å². The van der Waals surface area contributed by atoms with Gasteiger partial charge >= 0.3 is 0 Å². The number of para-hydroxylation sites is 1. The zero-order valence-corrected chi connectivity index (χ0v) is 22.6. The Morgan fingerprint density at radius 1 is 0.675 bits per heavy atom. The largest absolute Gasteiger partial charge is 0.369 e. The molecule has 5 rings (SSSR count). The van der Waals surface area contributed by atoms with Crippen LogP contribution in [0.5, 0.6) is 0 Å². The van der Waals surface area contributed by atoms with E-state index in [2.05, 4.69) is 17.0 Å². The molecule has 0 N–H and O–H groups in total. The molecule has 2 fully saturated rings. The maximum atomic E-state index is 13.2. The summed E-state index contributed by atoms with van der Waals surface area (Å²) in [6, 6.07) is 20.6. The quantitative estimate of drug-likeness (QED) is 0.297. The van der Waals surface area contributed by atoms with Gasteiger partial charge in [0.1, 0.15) is 5.69 Å². The van der Waals surface area contributed by atoms with E-state index in [1.165, 1.54) is 40.2 Å². The Bertz CT molecular complexity index is 1490. The molecule has 2 heterocycles. The predicted octanol–water partition coefficient (Wildman–Crippen LogP) is 3.34. The average Bonchev–Trinajstić information content (AvgIpc) is 2.98. The van der Waals surface area contributed by atoms with Crippen molar-refractivity contribution < 1.29 is 18.3 Å². The van der Waals surface area contributed by atoms with Gasteiger partial charge in [0, 0.05) is 76.7 Å². The number of anilines is 2. The molecule has 210 valence electrons. The van der Waals surface area contributed by atoms with E-state index < -0.39 is 20.6 Å². The van der Waals surface area contributed by atoms with Crippen molar-refractivity contribution in [3.63, 3.8) is 0 Å². The maximum Gasteiger partial charge on any atom is 0.292 e. The Labute approximate surface area is 232 Å². The number of rotatable bonds is 8. The van der Waals surface area contributed by atoms with Gasteiger partial charge in [-0.15, -0.1) is 0 Å².